The van der Waals surface area contributed by atoms with E-state index >= 15 is 0 Å². The number of anilines is 2. The largest absolute Gasteiger partial charge is 0.393 e. The molecule has 5 N–H and O–H groups in total. The molecule has 1 amide bonds. The van der Waals surface area contributed by atoms with Gasteiger partial charge in [-0.15, -0.1) is 0 Å². The number of nitrogens with one attached hydrogen (secondary N) is 4. The van der Waals surface area contributed by atoms with Crippen LogP contribution < -0.4 is 25.5 Å². The highest BCUT2D eigenvalue weighted by Gasteiger charge is 2.45. The SMILES string of the molecule is CCCCNc1nc2c(c[nH+]1)C(C)(c1ccc(S(=O)(=O)NC(C)=O)cc1)NN2CC1CCC(O)CC1. The molecule has 0 bridgehead atoms. The van der Waals surface area contributed by atoms with Crippen LogP contribution in [0.25, 0.3) is 0 Å². The fourth-order valence-corrected chi connectivity index (χ4v) is 5.98. The minimum atomic E-state index is -3.91. The molecule has 0 radical (unpaired) electrons. The monoisotopic (exact) mass is 517 g/mol. The van der Waals surface area contributed by atoms with Crippen molar-refractivity contribution in [2.45, 2.75) is 75.8 Å². The van der Waals surface area contributed by atoms with Gasteiger partial charge in [-0.05, 0) is 62.6 Å². The Morgan fingerprint density at radius 1 is 1.25 bits per heavy atom. The molecular weight excluding hydrogens is 480 g/mol. The smallest absolute Gasteiger partial charge is 0.391 e. The van der Waals surface area contributed by atoms with Gasteiger partial charge in [-0.2, -0.15) is 0 Å². The maximum absolute atomic E-state index is 12.4. The number of fused-ring (bicyclic) bond motifs is 1. The number of aromatic amines is 1. The zero-order valence-corrected chi connectivity index (χ0v) is 22.0. The zero-order chi connectivity index (χ0) is 25.9. The van der Waals surface area contributed by atoms with Gasteiger partial charge >= 0.3 is 5.95 Å². The average molecular weight is 518 g/mol. The zero-order valence-electron chi connectivity index (χ0n) is 21.2. The molecule has 1 aromatic heterocycles. The summed E-state index contributed by atoms with van der Waals surface area (Å²) in [6, 6.07) is 6.55. The normalized spacial score (nSPS) is 23.8. The van der Waals surface area contributed by atoms with Gasteiger partial charge in [-0.1, -0.05) is 30.5 Å². The fraction of sp³-hybridized carbons (Fsp3) is 0.560. The molecule has 1 aliphatic carbocycles. The maximum atomic E-state index is 12.4. The number of aliphatic hydroxyl groups is 1. The van der Waals surface area contributed by atoms with E-state index in [9.17, 15) is 18.3 Å². The molecule has 36 heavy (non-hydrogen) atoms. The number of hydrogen-bond donors (Lipinski definition) is 4. The number of aliphatic hydroxyl groups excluding tert-OH is 1. The molecule has 11 heteroatoms. The quantitative estimate of drug-likeness (QED) is 0.371. The number of aromatic nitrogens is 2. The maximum Gasteiger partial charge on any atom is 0.391 e. The van der Waals surface area contributed by atoms with E-state index in [1.165, 1.54) is 19.1 Å². The van der Waals surface area contributed by atoms with Gasteiger partial charge in [0.05, 0.1) is 34.8 Å². The summed E-state index contributed by atoms with van der Waals surface area (Å²) in [4.78, 5) is 19.5. The van der Waals surface area contributed by atoms with Crippen LogP contribution in [0.15, 0.2) is 35.4 Å². The van der Waals surface area contributed by atoms with Crippen LogP contribution in [0.1, 0.15) is 70.4 Å². The lowest BCUT2D eigenvalue weighted by Gasteiger charge is -2.32. The first kappa shape index (κ1) is 26.3. The van der Waals surface area contributed by atoms with E-state index in [1.54, 1.807) is 12.1 Å². The molecule has 1 aliphatic heterocycles. The molecule has 2 aromatic rings. The summed E-state index contributed by atoms with van der Waals surface area (Å²) in [5.41, 5.74) is 4.81. The van der Waals surface area contributed by atoms with E-state index in [1.807, 2.05) is 17.8 Å². The molecule has 1 saturated carbocycles. The first-order valence-corrected chi connectivity index (χ1v) is 14.1. The predicted molar refractivity (Wildman–Crippen MR) is 137 cm³/mol. The Hall–Kier alpha value is -2.76. The average Bonchev–Trinajstić information content (AvgIpc) is 3.12. The van der Waals surface area contributed by atoms with E-state index in [2.05, 4.69) is 27.7 Å². The van der Waals surface area contributed by atoms with Crippen LogP contribution in [0.5, 0.6) is 0 Å². The summed E-state index contributed by atoms with van der Waals surface area (Å²) in [6.45, 7) is 6.95. The second-order valence-corrected chi connectivity index (χ2v) is 11.7. The minimum absolute atomic E-state index is 0.0287. The number of amides is 1. The van der Waals surface area contributed by atoms with Crippen molar-refractivity contribution >= 4 is 27.7 Å². The number of benzene rings is 1. The number of rotatable bonds is 9. The van der Waals surface area contributed by atoms with Crippen molar-refractivity contribution in [3.63, 3.8) is 0 Å². The Morgan fingerprint density at radius 3 is 2.58 bits per heavy atom. The van der Waals surface area contributed by atoms with Crippen molar-refractivity contribution in [2.24, 2.45) is 5.92 Å². The van der Waals surface area contributed by atoms with E-state index in [-0.39, 0.29) is 11.0 Å². The summed E-state index contributed by atoms with van der Waals surface area (Å²) in [7, 11) is -3.91. The second-order valence-electron chi connectivity index (χ2n) is 9.97. The number of nitrogens with zero attached hydrogens (tertiary/aromatic N) is 2. The fourth-order valence-electron chi connectivity index (χ4n) is 4.99. The van der Waals surface area contributed by atoms with Crippen molar-refractivity contribution in [2.75, 3.05) is 23.4 Å². The number of carbonyl (C=O) groups is 1. The first-order chi connectivity index (χ1) is 17.1. The lowest BCUT2D eigenvalue weighted by molar-refractivity contribution is -0.366. The molecule has 1 atom stereocenters. The third kappa shape index (κ3) is 5.63. The van der Waals surface area contributed by atoms with E-state index < -0.39 is 21.5 Å². The standard InChI is InChI=1S/C25H36N6O4S/c1-4-5-14-26-24-27-15-22-23(28-24)31(16-18-6-10-20(33)11-7-18)30-25(22,3)19-8-12-21(13-9-19)36(34,35)29-17(2)32/h8-9,12-13,15,18,20,30,33H,4-7,10-11,14,16H2,1-3H3,(H,29,32)(H,26,27,28)/p+1. The molecule has 2 aliphatic rings. The van der Waals surface area contributed by atoms with Crippen molar-refractivity contribution < 1.29 is 23.3 Å². The third-order valence-electron chi connectivity index (χ3n) is 7.06. The van der Waals surface area contributed by atoms with Crippen LogP contribution in [-0.2, 0) is 20.4 Å². The van der Waals surface area contributed by atoms with Crippen molar-refractivity contribution in [1.29, 1.82) is 0 Å². The molecule has 0 saturated heterocycles. The topological polar surface area (TPSA) is 138 Å². The summed E-state index contributed by atoms with van der Waals surface area (Å²) in [5.74, 6) is 1.34. The van der Waals surface area contributed by atoms with Gasteiger partial charge in [0.2, 0.25) is 11.7 Å². The number of unbranched alkanes of at least 4 members (excludes halogenated alkanes) is 1. The van der Waals surface area contributed by atoms with Crippen LogP contribution in [0, 0.1) is 5.92 Å². The van der Waals surface area contributed by atoms with Crippen LogP contribution >= 0.6 is 0 Å². The number of carbonyl (C=O) groups excluding carboxylic acids is 1. The van der Waals surface area contributed by atoms with E-state index in [4.69, 9.17) is 4.98 Å². The van der Waals surface area contributed by atoms with Gasteiger partial charge in [0.25, 0.3) is 10.0 Å². The van der Waals surface area contributed by atoms with Gasteiger partial charge in [-0.25, -0.2) is 23.5 Å². The van der Waals surface area contributed by atoms with Gasteiger partial charge in [0.1, 0.15) is 0 Å². The van der Waals surface area contributed by atoms with Crippen molar-refractivity contribution in [1.82, 2.24) is 15.1 Å². The molecule has 1 unspecified atom stereocenters. The van der Waals surface area contributed by atoms with Crippen molar-refractivity contribution in [3.8, 4) is 0 Å². The number of sulfonamides is 1. The summed E-state index contributed by atoms with van der Waals surface area (Å²) < 4.78 is 26.8. The molecule has 1 aromatic carbocycles. The van der Waals surface area contributed by atoms with Gasteiger partial charge < -0.3 is 5.11 Å². The Kier molecular flexibility index (Phi) is 7.82. The lowest BCUT2D eigenvalue weighted by Crippen LogP contribution is -2.47. The van der Waals surface area contributed by atoms with Crippen molar-refractivity contribution in [3.05, 3.63) is 41.6 Å². The van der Waals surface area contributed by atoms with Gasteiger partial charge in [0, 0.05) is 13.5 Å². The summed E-state index contributed by atoms with van der Waals surface area (Å²) >= 11 is 0. The Balaban J connectivity index is 1.64. The van der Waals surface area contributed by atoms with Crippen LogP contribution in [0.2, 0.25) is 0 Å². The Labute approximate surface area is 212 Å². The summed E-state index contributed by atoms with van der Waals surface area (Å²) in [5, 5.41) is 15.4. The Morgan fingerprint density at radius 2 is 1.94 bits per heavy atom. The summed E-state index contributed by atoms with van der Waals surface area (Å²) in [6.07, 6.45) is 7.42. The third-order valence-corrected chi connectivity index (χ3v) is 8.51. The minimum Gasteiger partial charge on any atom is -0.393 e. The second kappa shape index (κ2) is 10.7. The number of H-pyrrole nitrogens is 1. The van der Waals surface area contributed by atoms with E-state index in [0.717, 1.165) is 68.6 Å². The van der Waals surface area contributed by atoms with Crippen LogP contribution in [-0.4, -0.2) is 43.6 Å². The molecule has 0 spiro atoms. The molecule has 2 heterocycles. The van der Waals surface area contributed by atoms with Crippen LogP contribution in [0.4, 0.5) is 11.8 Å². The first-order valence-electron chi connectivity index (χ1n) is 12.7. The lowest BCUT2D eigenvalue weighted by atomic mass is 9.87. The molecular formula is C25H37N6O4S+. The van der Waals surface area contributed by atoms with E-state index in [0.29, 0.717) is 11.9 Å². The van der Waals surface area contributed by atoms with Gasteiger partial charge in [0.15, 0.2) is 0 Å². The molecule has 4 rings (SSSR count). The molecule has 196 valence electrons. The molecule has 10 nitrogen and oxygen atoms in total. The predicted octanol–water partition coefficient (Wildman–Crippen LogP) is 2.07. The van der Waals surface area contributed by atoms with Gasteiger partial charge in [-0.3, -0.25) is 15.1 Å². The van der Waals surface area contributed by atoms with Crippen LogP contribution in [0.3, 0.4) is 0 Å². The molecule has 1 fully saturated rings. The number of hydrazine groups is 1. The highest BCUT2D eigenvalue weighted by atomic mass is 32.2. The Bertz CT molecular complexity index is 1180. The highest BCUT2D eigenvalue weighted by molar-refractivity contribution is 7.90. The number of hydrogen-bond acceptors (Lipinski definition) is 8. The highest BCUT2D eigenvalue weighted by Crippen LogP contribution is 2.41.